The fourth-order valence-electron chi connectivity index (χ4n) is 3.38. The maximum atomic E-state index is 13.3. The average Bonchev–Trinajstić information content (AvgIpc) is 2.68. The van der Waals surface area contributed by atoms with Crippen molar-refractivity contribution < 1.29 is 22.7 Å². The number of nitrogens with one attached hydrogen (secondary N) is 1. The Kier molecular flexibility index (Phi) is 5.57. The topological polar surface area (TPSA) is 84.9 Å². The Morgan fingerprint density at radius 2 is 1.62 bits per heavy atom. The number of rotatable bonds is 5. The number of allylic oxidation sites excluding steroid dienone is 1. The van der Waals surface area contributed by atoms with E-state index in [1.54, 1.807) is 38.1 Å². The molecule has 1 aliphatic heterocycles. The largest absolute Gasteiger partial charge is 0.493 e. The van der Waals surface area contributed by atoms with Crippen LogP contribution in [-0.4, -0.2) is 35.1 Å². The summed E-state index contributed by atoms with van der Waals surface area (Å²) in [6.07, 6.45) is 0. The van der Waals surface area contributed by atoms with Gasteiger partial charge in [-0.2, -0.15) is 0 Å². The highest BCUT2D eigenvalue weighted by atomic mass is 32.2. The smallest absolute Gasteiger partial charge is 0.270 e. The molecule has 1 N–H and O–H groups in total. The lowest BCUT2D eigenvalue weighted by molar-refractivity contribution is -0.112. The van der Waals surface area contributed by atoms with Crippen molar-refractivity contribution in [2.75, 3.05) is 30.4 Å². The van der Waals surface area contributed by atoms with Crippen LogP contribution >= 0.6 is 0 Å². The van der Waals surface area contributed by atoms with Crippen LogP contribution in [0.2, 0.25) is 0 Å². The molecule has 0 fully saturated rings. The molecule has 0 aromatic heterocycles. The number of hydrogen-bond donors (Lipinski definition) is 1. The van der Waals surface area contributed by atoms with Crippen LogP contribution in [0.15, 0.2) is 41.3 Å². The second-order valence-corrected chi connectivity index (χ2v) is 8.47. The molecule has 0 aliphatic carbocycles. The van der Waals surface area contributed by atoms with Crippen molar-refractivity contribution in [3.8, 4) is 11.5 Å². The average molecular weight is 416 g/mol. The lowest BCUT2D eigenvalue weighted by Crippen LogP contribution is -2.39. The third-order valence-corrected chi connectivity index (χ3v) is 6.91. The van der Waals surface area contributed by atoms with E-state index in [1.165, 1.54) is 18.5 Å². The zero-order chi connectivity index (χ0) is 21.3. The van der Waals surface area contributed by atoms with Gasteiger partial charge in [0.05, 0.1) is 19.9 Å². The monoisotopic (exact) mass is 416 g/mol. The van der Waals surface area contributed by atoms with Crippen LogP contribution < -0.4 is 19.1 Å². The standard InChI is InChI=1S/C21H24N2O5S/c1-6-23-17-12-19(28-5)18(27-4)11-16(17)14(3)20(29(23,25)26)21(24)22-15-9-7-13(2)8-10-15/h7-12H,6H2,1-5H3,(H,22,24). The highest BCUT2D eigenvalue weighted by molar-refractivity contribution is 7.97. The molecule has 8 heteroatoms. The summed E-state index contributed by atoms with van der Waals surface area (Å²) in [5.41, 5.74) is 2.98. The number of fused-ring (bicyclic) bond motifs is 1. The summed E-state index contributed by atoms with van der Waals surface area (Å²) in [5, 5.41) is 2.69. The number of sulfonamides is 1. The Morgan fingerprint density at radius 3 is 2.17 bits per heavy atom. The first-order chi connectivity index (χ1) is 13.7. The maximum Gasteiger partial charge on any atom is 0.270 e. The van der Waals surface area contributed by atoms with Gasteiger partial charge >= 0.3 is 0 Å². The van der Waals surface area contributed by atoms with Crippen LogP contribution in [0.3, 0.4) is 0 Å². The van der Waals surface area contributed by atoms with Gasteiger partial charge in [0.15, 0.2) is 16.4 Å². The highest BCUT2D eigenvalue weighted by Gasteiger charge is 2.39. The van der Waals surface area contributed by atoms with Gasteiger partial charge < -0.3 is 14.8 Å². The minimum Gasteiger partial charge on any atom is -0.493 e. The third-order valence-electron chi connectivity index (χ3n) is 4.87. The predicted octanol–water partition coefficient (Wildman–Crippen LogP) is 3.55. The van der Waals surface area contributed by atoms with Crippen molar-refractivity contribution >= 4 is 32.9 Å². The van der Waals surface area contributed by atoms with Crippen molar-refractivity contribution in [2.24, 2.45) is 0 Å². The summed E-state index contributed by atoms with van der Waals surface area (Å²) < 4.78 is 38.5. The molecule has 0 unspecified atom stereocenters. The van der Waals surface area contributed by atoms with Crippen molar-refractivity contribution in [3.05, 3.63) is 52.4 Å². The molecule has 0 spiro atoms. The Hall–Kier alpha value is -3.00. The number of hydrogen-bond acceptors (Lipinski definition) is 5. The SMILES string of the molecule is CCN1c2cc(OC)c(OC)cc2C(C)=C(C(=O)Nc2ccc(C)cc2)S1(=O)=O. The van der Waals surface area contributed by atoms with Gasteiger partial charge in [-0.05, 0) is 44.5 Å². The number of ether oxygens (including phenoxy) is 2. The number of methoxy groups -OCH3 is 2. The fourth-order valence-corrected chi connectivity index (χ4v) is 5.14. The Balaban J connectivity index is 2.17. The summed E-state index contributed by atoms with van der Waals surface area (Å²) in [4.78, 5) is 12.7. The molecule has 154 valence electrons. The van der Waals surface area contributed by atoms with Crippen molar-refractivity contribution in [2.45, 2.75) is 20.8 Å². The molecule has 1 heterocycles. The van der Waals surface area contributed by atoms with Gasteiger partial charge in [-0.3, -0.25) is 9.10 Å². The quantitative estimate of drug-likeness (QED) is 0.806. The number of benzene rings is 2. The molecule has 0 saturated carbocycles. The van der Waals surface area contributed by atoms with E-state index in [9.17, 15) is 13.2 Å². The molecular formula is C21H24N2O5S. The molecule has 0 atom stereocenters. The number of nitrogens with zero attached hydrogens (tertiary/aromatic N) is 1. The van der Waals surface area contributed by atoms with Crippen LogP contribution in [-0.2, 0) is 14.8 Å². The Morgan fingerprint density at radius 1 is 1.03 bits per heavy atom. The Labute approximate surface area is 171 Å². The molecule has 0 saturated heterocycles. The summed E-state index contributed by atoms with van der Waals surface area (Å²) in [5.74, 6) is 0.199. The molecule has 29 heavy (non-hydrogen) atoms. The second kappa shape index (κ2) is 7.79. The molecule has 1 amide bonds. The van der Waals surface area contributed by atoms with Gasteiger partial charge in [0, 0.05) is 23.9 Å². The molecule has 2 aromatic carbocycles. The molecule has 1 aliphatic rings. The summed E-state index contributed by atoms with van der Waals surface area (Å²) in [6, 6.07) is 10.5. The fraction of sp³-hybridized carbons (Fsp3) is 0.286. The first-order valence-corrected chi connectivity index (χ1v) is 10.6. The molecule has 7 nitrogen and oxygen atoms in total. The minimum absolute atomic E-state index is 0.166. The van der Waals surface area contributed by atoms with E-state index in [-0.39, 0.29) is 11.4 Å². The third kappa shape index (κ3) is 3.55. The van der Waals surface area contributed by atoms with Crippen molar-refractivity contribution in [1.29, 1.82) is 0 Å². The van der Waals surface area contributed by atoms with E-state index in [0.29, 0.717) is 34.0 Å². The number of aryl methyl sites for hydroxylation is 1. The number of amides is 1. The van der Waals surface area contributed by atoms with Crippen molar-refractivity contribution in [3.63, 3.8) is 0 Å². The zero-order valence-electron chi connectivity index (χ0n) is 17.1. The highest BCUT2D eigenvalue weighted by Crippen LogP contribution is 2.44. The van der Waals surface area contributed by atoms with Gasteiger partial charge in [-0.25, -0.2) is 8.42 Å². The molecular weight excluding hydrogens is 392 g/mol. The van der Waals surface area contributed by atoms with Crippen LogP contribution in [0.25, 0.3) is 5.57 Å². The second-order valence-electron chi connectivity index (χ2n) is 6.67. The van der Waals surface area contributed by atoms with Crippen LogP contribution in [0, 0.1) is 6.92 Å². The summed E-state index contributed by atoms with van der Waals surface area (Å²) in [7, 11) is -1.05. The van der Waals surface area contributed by atoms with E-state index in [0.717, 1.165) is 5.56 Å². The lowest BCUT2D eigenvalue weighted by Gasteiger charge is -2.32. The predicted molar refractivity (Wildman–Crippen MR) is 114 cm³/mol. The van der Waals surface area contributed by atoms with E-state index < -0.39 is 15.9 Å². The number of carbonyl (C=O) groups is 1. The molecule has 2 aromatic rings. The van der Waals surface area contributed by atoms with Gasteiger partial charge in [-0.1, -0.05) is 17.7 Å². The van der Waals surface area contributed by atoms with E-state index in [4.69, 9.17) is 9.47 Å². The normalized spacial score (nSPS) is 15.0. The van der Waals surface area contributed by atoms with E-state index >= 15 is 0 Å². The first kappa shape index (κ1) is 20.7. The van der Waals surface area contributed by atoms with Gasteiger partial charge in [0.2, 0.25) is 0 Å². The molecule has 3 rings (SSSR count). The summed E-state index contributed by atoms with van der Waals surface area (Å²) >= 11 is 0. The van der Waals surface area contributed by atoms with E-state index in [2.05, 4.69) is 5.32 Å². The molecule has 0 radical (unpaired) electrons. The summed E-state index contributed by atoms with van der Waals surface area (Å²) in [6.45, 7) is 5.44. The minimum atomic E-state index is -4.04. The maximum absolute atomic E-state index is 13.3. The van der Waals surface area contributed by atoms with Gasteiger partial charge in [-0.15, -0.1) is 0 Å². The van der Waals surface area contributed by atoms with Gasteiger partial charge in [0.1, 0.15) is 0 Å². The lowest BCUT2D eigenvalue weighted by atomic mass is 10.0. The molecule has 0 bridgehead atoms. The Bertz CT molecular complexity index is 1090. The number of carbonyl (C=O) groups excluding carboxylic acids is 1. The number of anilines is 2. The van der Waals surface area contributed by atoms with Crippen LogP contribution in [0.5, 0.6) is 11.5 Å². The van der Waals surface area contributed by atoms with Crippen molar-refractivity contribution in [1.82, 2.24) is 0 Å². The first-order valence-electron chi connectivity index (χ1n) is 9.12. The van der Waals surface area contributed by atoms with Gasteiger partial charge in [0.25, 0.3) is 15.9 Å². The van der Waals surface area contributed by atoms with Crippen LogP contribution in [0.4, 0.5) is 11.4 Å². The van der Waals surface area contributed by atoms with E-state index in [1.807, 2.05) is 19.1 Å². The zero-order valence-corrected chi connectivity index (χ0v) is 17.9. The van der Waals surface area contributed by atoms with Crippen LogP contribution in [0.1, 0.15) is 25.0 Å².